The number of nitrogens with one attached hydrogen (secondary N) is 1. The number of aryl methyl sites for hydroxylation is 2. The first-order chi connectivity index (χ1) is 9.26. The van der Waals surface area contributed by atoms with E-state index in [1.165, 1.54) is 12.8 Å². The van der Waals surface area contributed by atoms with Gasteiger partial charge in [0, 0.05) is 26.1 Å². The minimum atomic E-state index is 0.735. The number of aromatic nitrogens is 3. The molecule has 0 unspecified atom stereocenters. The Bertz CT molecular complexity index is 554. The topological polar surface area (TPSA) is 55.9 Å². The normalized spacial score (nSPS) is 15.1. The van der Waals surface area contributed by atoms with Gasteiger partial charge < -0.3 is 9.73 Å². The standard InChI is InChI=1S/C14H20N4O/c1-3-10-8-12(18(2)17-10)13-9-16-14(19-13)6-7-15-11-4-5-11/h8-9,11,15H,3-7H2,1-2H3. The summed E-state index contributed by atoms with van der Waals surface area (Å²) in [5.74, 6) is 1.60. The SMILES string of the molecule is CCc1cc(-c2cnc(CCNC3CC3)o2)n(C)n1. The summed E-state index contributed by atoms with van der Waals surface area (Å²) < 4.78 is 7.65. The second kappa shape index (κ2) is 5.17. The van der Waals surface area contributed by atoms with Crippen molar-refractivity contribution in [1.29, 1.82) is 0 Å². The lowest BCUT2D eigenvalue weighted by atomic mass is 10.3. The zero-order valence-electron chi connectivity index (χ0n) is 11.5. The molecule has 2 aromatic rings. The highest BCUT2D eigenvalue weighted by atomic mass is 16.4. The maximum atomic E-state index is 5.80. The van der Waals surface area contributed by atoms with Crippen molar-refractivity contribution in [1.82, 2.24) is 20.1 Å². The van der Waals surface area contributed by atoms with E-state index in [0.717, 1.165) is 48.5 Å². The molecule has 0 aromatic carbocycles. The number of nitrogens with zero attached hydrogens (tertiary/aromatic N) is 3. The molecule has 0 amide bonds. The summed E-state index contributed by atoms with van der Waals surface area (Å²) in [6, 6.07) is 2.80. The largest absolute Gasteiger partial charge is 0.439 e. The van der Waals surface area contributed by atoms with Gasteiger partial charge in [0.1, 0.15) is 5.69 Å². The Morgan fingerprint density at radius 3 is 3.00 bits per heavy atom. The Balaban J connectivity index is 1.66. The van der Waals surface area contributed by atoms with E-state index < -0.39 is 0 Å². The Morgan fingerprint density at radius 2 is 2.32 bits per heavy atom. The Kier molecular flexibility index (Phi) is 3.38. The van der Waals surface area contributed by atoms with Gasteiger partial charge in [-0.2, -0.15) is 5.10 Å². The second-order valence-corrected chi connectivity index (χ2v) is 5.09. The van der Waals surface area contributed by atoms with Gasteiger partial charge in [0.25, 0.3) is 0 Å². The van der Waals surface area contributed by atoms with Crippen molar-refractivity contribution in [3.63, 3.8) is 0 Å². The lowest BCUT2D eigenvalue weighted by Crippen LogP contribution is -2.19. The average Bonchev–Trinajstić information content (AvgIpc) is 2.97. The number of rotatable bonds is 6. The molecule has 0 bridgehead atoms. The van der Waals surface area contributed by atoms with E-state index in [2.05, 4.69) is 28.4 Å². The van der Waals surface area contributed by atoms with Crippen LogP contribution in [0, 0.1) is 0 Å². The van der Waals surface area contributed by atoms with Crippen molar-refractivity contribution >= 4 is 0 Å². The van der Waals surface area contributed by atoms with E-state index in [9.17, 15) is 0 Å². The van der Waals surface area contributed by atoms with E-state index >= 15 is 0 Å². The quantitative estimate of drug-likeness (QED) is 0.862. The lowest BCUT2D eigenvalue weighted by Gasteiger charge is -1.99. The van der Waals surface area contributed by atoms with Crippen LogP contribution in [-0.4, -0.2) is 27.4 Å². The highest BCUT2D eigenvalue weighted by molar-refractivity contribution is 5.51. The first kappa shape index (κ1) is 12.4. The predicted molar refractivity (Wildman–Crippen MR) is 72.8 cm³/mol. The zero-order valence-corrected chi connectivity index (χ0v) is 11.5. The molecule has 5 nitrogen and oxygen atoms in total. The lowest BCUT2D eigenvalue weighted by molar-refractivity contribution is 0.491. The smallest absolute Gasteiger partial charge is 0.196 e. The fourth-order valence-corrected chi connectivity index (χ4v) is 2.14. The van der Waals surface area contributed by atoms with E-state index in [-0.39, 0.29) is 0 Å². The number of hydrogen-bond acceptors (Lipinski definition) is 4. The second-order valence-electron chi connectivity index (χ2n) is 5.09. The van der Waals surface area contributed by atoms with Gasteiger partial charge >= 0.3 is 0 Å². The molecule has 1 aliphatic carbocycles. The molecular formula is C14H20N4O. The molecule has 0 radical (unpaired) electrons. The molecule has 102 valence electrons. The van der Waals surface area contributed by atoms with Crippen LogP contribution >= 0.6 is 0 Å². The molecule has 0 saturated heterocycles. The van der Waals surface area contributed by atoms with Crippen LogP contribution in [0.5, 0.6) is 0 Å². The Morgan fingerprint density at radius 1 is 1.47 bits per heavy atom. The van der Waals surface area contributed by atoms with E-state index in [1.807, 2.05) is 11.7 Å². The molecule has 1 N–H and O–H groups in total. The van der Waals surface area contributed by atoms with Crippen LogP contribution < -0.4 is 5.32 Å². The minimum Gasteiger partial charge on any atom is -0.439 e. The fraction of sp³-hybridized carbons (Fsp3) is 0.571. The van der Waals surface area contributed by atoms with Crippen LogP contribution in [-0.2, 0) is 19.9 Å². The maximum absolute atomic E-state index is 5.80. The van der Waals surface area contributed by atoms with Crippen LogP contribution in [0.2, 0.25) is 0 Å². The average molecular weight is 260 g/mol. The summed E-state index contributed by atoms with van der Waals surface area (Å²) >= 11 is 0. The van der Waals surface area contributed by atoms with Crippen molar-refractivity contribution in [3.8, 4) is 11.5 Å². The van der Waals surface area contributed by atoms with E-state index in [0.29, 0.717) is 0 Å². The van der Waals surface area contributed by atoms with Crippen molar-refractivity contribution in [3.05, 3.63) is 23.8 Å². The van der Waals surface area contributed by atoms with Gasteiger partial charge in [0.15, 0.2) is 11.7 Å². The van der Waals surface area contributed by atoms with Crippen LogP contribution in [0.4, 0.5) is 0 Å². The Labute approximate surface area is 113 Å². The molecule has 0 aliphatic heterocycles. The third kappa shape index (κ3) is 2.87. The van der Waals surface area contributed by atoms with Crippen LogP contribution in [0.25, 0.3) is 11.5 Å². The van der Waals surface area contributed by atoms with Gasteiger partial charge in [-0.1, -0.05) is 6.92 Å². The molecule has 19 heavy (non-hydrogen) atoms. The van der Waals surface area contributed by atoms with Crippen LogP contribution in [0.3, 0.4) is 0 Å². The molecule has 2 heterocycles. The monoisotopic (exact) mass is 260 g/mol. The number of hydrogen-bond donors (Lipinski definition) is 1. The predicted octanol–water partition coefficient (Wildman–Crippen LogP) is 1.93. The van der Waals surface area contributed by atoms with Crippen LogP contribution in [0.1, 0.15) is 31.4 Å². The van der Waals surface area contributed by atoms with Gasteiger partial charge in [-0.3, -0.25) is 4.68 Å². The molecule has 1 aliphatic rings. The summed E-state index contributed by atoms with van der Waals surface area (Å²) in [6.07, 6.45) is 6.19. The molecule has 0 spiro atoms. The summed E-state index contributed by atoms with van der Waals surface area (Å²) in [5, 5.41) is 7.89. The third-order valence-corrected chi connectivity index (χ3v) is 3.45. The molecule has 0 atom stereocenters. The first-order valence-electron chi connectivity index (χ1n) is 6.97. The fourth-order valence-electron chi connectivity index (χ4n) is 2.14. The summed E-state index contributed by atoms with van der Waals surface area (Å²) in [6.45, 7) is 3.04. The Hall–Kier alpha value is -1.62. The minimum absolute atomic E-state index is 0.735. The maximum Gasteiger partial charge on any atom is 0.196 e. The van der Waals surface area contributed by atoms with Crippen molar-refractivity contribution < 1.29 is 4.42 Å². The number of oxazole rings is 1. The van der Waals surface area contributed by atoms with E-state index in [1.54, 1.807) is 6.20 Å². The van der Waals surface area contributed by atoms with Crippen molar-refractivity contribution in [2.45, 2.75) is 38.6 Å². The molecule has 5 heteroatoms. The van der Waals surface area contributed by atoms with Gasteiger partial charge in [0.05, 0.1) is 11.9 Å². The summed E-state index contributed by atoms with van der Waals surface area (Å²) in [5.41, 5.74) is 2.07. The molecular weight excluding hydrogens is 240 g/mol. The molecule has 3 rings (SSSR count). The third-order valence-electron chi connectivity index (χ3n) is 3.45. The van der Waals surface area contributed by atoms with Gasteiger partial charge in [-0.25, -0.2) is 4.98 Å². The first-order valence-corrected chi connectivity index (χ1v) is 6.97. The van der Waals surface area contributed by atoms with Gasteiger partial charge in [-0.05, 0) is 25.3 Å². The van der Waals surface area contributed by atoms with Crippen molar-refractivity contribution in [2.24, 2.45) is 7.05 Å². The van der Waals surface area contributed by atoms with E-state index in [4.69, 9.17) is 4.42 Å². The van der Waals surface area contributed by atoms with Gasteiger partial charge in [-0.15, -0.1) is 0 Å². The summed E-state index contributed by atoms with van der Waals surface area (Å²) in [4.78, 5) is 4.34. The highest BCUT2D eigenvalue weighted by Crippen LogP contribution is 2.22. The molecule has 1 saturated carbocycles. The zero-order chi connectivity index (χ0) is 13.2. The molecule has 1 fully saturated rings. The summed E-state index contributed by atoms with van der Waals surface area (Å²) in [7, 11) is 1.94. The highest BCUT2D eigenvalue weighted by Gasteiger charge is 2.20. The van der Waals surface area contributed by atoms with Crippen LogP contribution in [0.15, 0.2) is 16.7 Å². The van der Waals surface area contributed by atoms with Crippen molar-refractivity contribution in [2.75, 3.05) is 6.54 Å². The molecule has 2 aromatic heterocycles. The van der Waals surface area contributed by atoms with Gasteiger partial charge in [0.2, 0.25) is 0 Å².